The Morgan fingerprint density at radius 3 is 2.40 bits per heavy atom. The van der Waals surface area contributed by atoms with Crippen LogP contribution in [0.25, 0.3) is 0 Å². The highest BCUT2D eigenvalue weighted by molar-refractivity contribution is 7.86. The summed E-state index contributed by atoms with van der Waals surface area (Å²) in [6, 6.07) is 0.160. The van der Waals surface area contributed by atoms with E-state index in [1.54, 1.807) is 7.05 Å². The van der Waals surface area contributed by atoms with Gasteiger partial charge in [0.1, 0.15) is 0 Å². The molecule has 1 aliphatic rings. The first-order valence-electron chi connectivity index (χ1n) is 5.45. The summed E-state index contributed by atoms with van der Waals surface area (Å²) < 4.78 is 26.9. The van der Waals surface area contributed by atoms with Gasteiger partial charge in [0.2, 0.25) is 0 Å². The van der Waals surface area contributed by atoms with Crippen LogP contribution in [0.15, 0.2) is 0 Å². The lowest BCUT2D eigenvalue weighted by atomic mass is 10.1. The molecule has 0 amide bonds. The minimum absolute atomic E-state index is 0.160. The van der Waals surface area contributed by atoms with E-state index in [0.717, 1.165) is 19.3 Å². The summed E-state index contributed by atoms with van der Waals surface area (Å²) >= 11 is 0. The second-order valence-electron chi connectivity index (χ2n) is 4.07. The minimum Gasteiger partial charge on any atom is -0.328 e. The van der Waals surface area contributed by atoms with Gasteiger partial charge in [-0.2, -0.15) is 17.0 Å². The molecule has 1 heterocycles. The summed E-state index contributed by atoms with van der Waals surface area (Å²) in [5.41, 5.74) is 5.74. The molecule has 1 fully saturated rings. The zero-order valence-electron chi connectivity index (χ0n) is 9.52. The van der Waals surface area contributed by atoms with Crippen LogP contribution >= 0.6 is 0 Å². The van der Waals surface area contributed by atoms with Gasteiger partial charge in [-0.05, 0) is 19.3 Å². The van der Waals surface area contributed by atoms with Crippen LogP contribution in [0.4, 0.5) is 0 Å². The van der Waals surface area contributed by atoms with Gasteiger partial charge in [-0.25, -0.2) is 0 Å². The SMILES string of the molecule is CCCN(C)S(=O)(=O)N1CCC(N)CC1. The average molecular weight is 235 g/mol. The molecule has 0 radical (unpaired) electrons. The van der Waals surface area contributed by atoms with Gasteiger partial charge >= 0.3 is 0 Å². The van der Waals surface area contributed by atoms with Crippen LogP contribution in [0.3, 0.4) is 0 Å². The van der Waals surface area contributed by atoms with Gasteiger partial charge in [0.05, 0.1) is 0 Å². The minimum atomic E-state index is -3.24. The molecule has 5 nitrogen and oxygen atoms in total. The van der Waals surface area contributed by atoms with E-state index in [1.165, 1.54) is 8.61 Å². The summed E-state index contributed by atoms with van der Waals surface area (Å²) in [5.74, 6) is 0. The number of rotatable bonds is 4. The number of hydrogen-bond donors (Lipinski definition) is 1. The van der Waals surface area contributed by atoms with Crippen LogP contribution in [0, 0.1) is 0 Å². The van der Waals surface area contributed by atoms with Crippen molar-refractivity contribution < 1.29 is 8.42 Å². The van der Waals surface area contributed by atoms with Crippen molar-refractivity contribution in [3.05, 3.63) is 0 Å². The molecule has 15 heavy (non-hydrogen) atoms. The molecule has 6 heteroatoms. The zero-order valence-corrected chi connectivity index (χ0v) is 10.3. The Morgan fingerprint density at radius 2 is 1.93 bits per heavy atom. The Labute approximate surface area is 92.4 Å². The fraction of sp³-hybridized carbons (Fsp3) is 1.00. The Kier molecular flexibility index (Phi) is 4.51. The number of hydrogen-bond acceptors (Lipinski definition) is 3. The summed E-state index contributed by atoms with van der Waals surface area (Å²) in [6.07, 6.45) is 2.36. The molecule has 0 aromatic heterocycles. The molecule has 0 saturated carbocycles. The van der Waals surface area contributed by atoms with E-state index in [0.29, 0.717) is 19.6 Å². The van der Waals surface area contributed by atoms with Gasteiger partial charge in [-0.1, -0.05) is 6.92 Å². The van der Waals surface area contributed by atoms with E-state index in [1.807, 2.05) is 6.92 Å². The maximum Gasteiger partial charge on any atom is 0.281 e. The molecule has 90 valence electrons. The van der Waals surface area contributed by atoms with E-state index in [9.17, 15) is 8.42 Å². The van der Waals surface area contributed by atoms with Gasteiger partial charge in [-0.15, -0.1) is 0 Å². The topological polar surface area (TPSA) is 66.6 Å². The summed E-state index contributed by atoms with van der Waals surface area (Å²) in [5, 5.41) is 0. The fourth-order valence-corrected chi connectivity index (χ4v) is 3.21. The van der Waals surface area contributed by atoms with Crippen LogP contribution < -0.4 is 5.73 Å². The third-order valence-electron chi connectivity index (χ3n) is 2.76. The van der Waals surface area contributed by atoms with Crippen LogP contribution in [0.2, 0.25) is 0 Å². The highest BCUT2D eigenvalue weighted by atomic mass is 32.2. The van der Waals surface area contributed by atoms with Crippen molar-refractivity contribution in [2.24, 2.45) is 5.73 Å². The predicted octanol–water partition coefficient (Wildman–Crippen LogP) is -0.00390. The molecule has 0 aromatic rings. The molecule has 1 saturated heterocycles. The van der Waals surface area contributed by atoms with Crippen molar-refractivity contribution in [2.45, 2.75) is 32.2 Å². The standard InChI is InChI=1S/C9H21N3O2S/c1-3-6-11(2)15(13,14)12-7-4-9(10)5-8-12/h9H,3-8,10H2,1-2H3. The van der Waals surface area contributed by atoms with Crippen molar-refractivity contribution >= 4 is 10.2 Å². The predicted molar refractivity (Wildman–Crippen MR) is 60.6 cm³/mol. The Morgan fingerprint density at radius 1 is 1.40 bits per heavy atom. The molecular weight excluding hydrogens is 214 g/mol. The third-order valence-corrected chi connectivity index (χ3v) is 4.75. The lowest BCUT2D eigenvalue weighted by Gasteiger charge is -2.32. The summed E-state index contributed by atoms with van der Waals surface area (Å²) in [4.78, 5) is 0. The molecule has 0 aromatic carbocycles. The molecular formula is C9H21N3O2S. The number of piperidine rings is 1. The second-order valence-corrected chi connectivity index (χ2v) is 6.10. The molecule has 0 bridgehead atoms. The Balaban J connectivity index is 2.61. The maximum atomic E-state index is 12.0. The highest BCUT2D eigenvalue weighted by Gasteiger charge is 2.29. The lowest BCUT2D eigenvalue weighted by molar-refractivity contribution is 0.296. The van der Waals surface area contributed by atoms with Crippen LogP contribution in [-0.4, -0.2) is 49.8 Å². The number of nitrogens with two attached hydrogens (primary N) is 1. The molecule has 1 rings (SSSR count). The van der Waals surface area contributed by atoms with Gasteiger partial charge < -0.3 is 5.73 Å². The third kappa shape index (κ3) is 3.14. The van der Waals surface area contributed by atoms with Gasteiger partial charge in [0.15, 0.2) is 0 Å². The highest BCUT2D eigenvalue weighted by Crippen LogP contribution is 2.15. The fourth-order valence-electron chi connectivity index (χ4n) is 1.73. The van der Waals surface area contributed by atoms with Crippen LogP contribution in [0.1, 0.15) is 26.2 Å². The largest absolute Gasteiger partial charge is 0.328 e. The molecule has 0 spiro atoms. The maximum absolute atomic E-state index is 12.0. The first-order chi connectivity index (χ1) is 6.98. The van der Waals surface area contributed by atoms with E-state index in [4.69, 9.17) is 5.73 Å². The first kappa shape index (κ1) is 12.9. The smallest absolute Gasteiger partial charge is 0.281 e. The van der Waals surface area contributed by atoms with E-state index in [-0.39, 0.29) is 6.04 Å². The Bertz CT molecular complexity index is 284. The Hall–Kier alpha value is -0.170. The van der Waals surface area contributed by atoms with E-state index < -0.39 is 10.2 Å². The van der Waals surface area contributed by atoms with Crippen LogP contribution in [0.5, 0.6) is 0 Å². The monoisotopic (exact) mass is 235 g/mol. The summed E-state index contributed by atoms with van der Waals surface area (Å²) in [7, 11) is -1.60. The molecule has 0 aliphatic carbocycles. The normalized spacial score (nSPS) is 21.1. The molecule has 1 aliphatic heterocycles. The van der Waals surface area contributed by atoms with Crippen molar-refractivity contribution in [3.63, 3.8) is 0 Å². The van der Waals surface area contributed by atoms with E-state index in [2.05, 4.69) is 0 Å². The van der Waals surface area contributed by atoms with Crippen molar-refractivity contribution in [1.82, 2.24) is 8.61 Å². The van der Waals surface area contributed by atoms with E-state index >= 15 is 0 Å². The van der Waals surface area contributed by atoms with Crippen molar-refractivity contribution in [3.8, 4) is 0 Å². The quantitative estimate of drug-likeness (QED) is 0.745. The van der Waals surface area contributed by atoms with Crippen LogP contribution in [-0.2, 0) is 10.2 Å². The molecule has 2 N–H and O–H groups in total. The van der Waals surface area contributed by atoms with Gasteiger partial charge in [-0.3, -0.25) is 0 Å². The average Bonchev–Trinajstić information content (AvgIpc) is 2.18. The second kappa shape index (κ2) is 5.25. The van der Waals surface area contributed by atoms with Gasteiger partial charge in [0, 0.05) is 32.7 Å². The zero-order chi connectivity index (χ0) is 11.5. The van der Waals surface area contributed by atoms with Gasteiger partial charge in [0.25, 0.3) is 10.2 Å². The first-order valence-corrected chi connectivity index (χ1v) is 6.85. The molecule has 0 atom stereocenters. The molecule has 0 unspecified atom stereocenters. The lowest BCUT2D eigenvalue weighted by Crippen LogP contribution is -2.48. The van der Waals surface area contributed by atoms with Crippen molar-refractivity contribution in [2.75, 3.05) is 26.7 Å². The number of nitrogens with zero attached hydrogens (tertiary/aromatic N) is 2. The summed E-state index contributed by atoms with van der Waals surface area (Å²) in [6.45, 7) is 3.65. The van der Waals surface area contributed by atoms with Crippen molar-refractivity contribution in [1.29, 1.82) is 0 Å².